The molecule has 88 valence electrons. The van der Waals surface area contributed by atoms with Crippen molar-refractivity contribution in [1.29, 1.82) is 0 Å². The van der Waals surface area contributed by atoms with Gasteiger partial charge in [0.1, 0.15) is 0 Å². The molecule has 0 radical (unpaired) electrons. The van der Waals surface area contributed by atoms with E-state index >= 15 is 0 Å². The molecule has 0 saturated carbocycles. The molecule has 2 saturated heterocycles. The van der Waals surface area contributed by atoms with Gasteiger partial charge in [-0.05, 0) is 38.9 Å². The Hall–Kier alpha value is -0.130. The van der Waals surface area contributed by atoms with Crippen LogP contribution in [-0.4, -0.2) is 57.5 Å². The second-order valence-corrected chi connectivity index (χ2v) is 7.08. The maximum atomic E-state index is 11.3. The fraction of sp³-hybridized carbons (Fsp3) is 1.00. The SMILES string of the molecule is CN(CC1CCNC1)C1CCS(=O)(=O)C1. The van der Waals surface area contributed by atoms with Crippen LogP contribution in [-0.2, 0) is 9.84 Å². The number of hydrogen-bond acceptors (Lipinski definition) is 4. The number of nitrogens with zero attached hydrogens (tertiary/aromatic N) is 1. The van der Waals surface area contributed by atoms with E-state index in [9.17, 15) is 8.42 Å². The van der Waals surface area contributed by atoms with Gasteiger partial charge in [-0.15, -0.1) is 0 Å². The topological polar surface area (TPSA) is 49.4 Å². The lowest BCUT2D eigenvalue weighted by Crippen LogP contribution is -2.36. The average molecular weight is 232 g/mol. The highest BCUT2D eigenvalue weighted by atomic mass is 32.2. The zero-order valence-corrected chi connectivity index (χ0v) is 10.1. The molecule has 2 aliphatic heterocycles. The van der Waals surface area contributed by atoms with Crippen molar-refractivity contribution in [3.63, 3.8) is 0 Å². The molecule has 0 aromatic rings. The Kier molecular flexibility index (Phi) is 3.33. The van der Waals surface area contributed by atoms with E-state index in [1.807, 2.05) is 0 Å². The van der Waals surface area contributed by atoms with Crippen LogP contribution < -0.4 is 5.32 Å². The van der Waals surface area contributed by atoms with Gasteiger partial charge in [0.25, 0.3) is 0 Å². The normalized spacial score (nSPS) is 35.1. The highest BCUT2D eigenvalue weighted by Gasteiger charge is 2.31. The monoisotopic (exact) mass is 232 g/mol. The van der Waals surface area contributed by atoms with Crippen molar-refractivity contribution in [2.45, 2.75) is 18.9 Å². The standard InChI is InChI=1S/C10H20N2O2S/c1-12(7-9-2-4-11-6-9)10-3-5-15(13,14)8-10/h9-11H,2-8H2,1H3. The predicted octanol–water partition coefficient (Wildman–Crippen LogP) is -0.285. The first-order valence-corrected chi connectivity index (χ1v) is 7.50. The van der Waals surface area contributed by atoms with Crippen LogP contribution in [0.15, 0.2) is 0 Å². The second-order valence-electron chi connectivity index (χ2n) is 4.86. The molecule has 2 rings (SSSR count). The Morgan fingerprint density at radius 2 is 2.20 bits per heavy atom. The molecule has 0 amide bonds. The van der Waals surface area contributed by atoms with Crippen molar-refractivity contribution in [3.8, 4) is 0 Å². The molecule has 1 N–H and O–H groups in total. The quantitative estimate of drug-likeness (QED) is 0.727. The van der Waals surface area contributed by atoms with E-state index in [1.54, 1.807) is 0 Å². The van der Waals surface area contributed by atoms with Gasteiger partial charge >= 0.3 is 0 Å². The number of nitrogens with one attached hydrogen (secondary N) is 1. The van der Waals surface area contributed by atoms with Crippen molar-refractivity contribution in [3.05, 3.63) is 0 Å². The van der Waals surface area contributed by atoms with Gasteiger partial charge in [0.05, 0.1) is 11.5 Å². The van der Waals surface area contributed by atoms with Gasteiger partial charge in [-0.1, -0.05) is 0 Å². The lowest BCUT2D eigenvalue weighted by Gasteiger charge is -2.25. The number of sulfone groups is 1. The maximum Gasteiger partial charge on any atom is 0.151 e. The number of rotatable bonds is 3. The molecular weight excluding hydrogens is 212 g/mol. The molecule has 0 spiro atoms. The van der Waals surface area contributed by atoms with E-state index in [4.69, 9.17) is 0 Å². The van der Waals surface area contributed by atoms with Crippen molar-refractivity contribution in [2.24, 2.45) is 5.92 Å². The lowest BCUT2D eigenvalue weighted by atomic mass is 10.1. The smallest absolute Gasteiger partial charge is 0.151 e. The van der Waals surface area contributed by atoms with Gasteiger partial charge in [0.15, 0.2) is 9.84 Å². The predicted molar refractivity (Wildman–Crippen MR) is 60.7 cm³/mol. The van der Waals surface area contributed by atoms with E-state index in [0.717, 1.165) is 26.1 Å². The summed E-state index contributed by atoms with van der Waals surface area (Å²) in [6.07, 6.45) is 2.04. The summed E-state index contributed by atoms with van der Waals surface area (Å²) < 4.78 is 22.7. The van der Waals surface area contributed by atoms with Gasteiger partial charge in [0, 0.05) is 12.6 Å². The zero-order valence-electron chi connectivity index (χ0n) is 9.28. The first-order valence-electron chi connectivity index (χ1n) is 5.68. The minimum atomic E-state index is -2.73. The highest BCUT2D eigenvalue weighted by molar-refractivity contribution is 7.91. The van der Waals surface area contributed by atoms with Crippen molar-refractivity contribution >= 4 is 9.84 Å². The van der Waals surface area contributed by atoms with Crippen molar-refractivity contribution in [2.75, 3.05) is 38.2 Å². The summed E-state index contributed by atoms with van der Waals surface area (Å²) in [5.41, 5.74) is 0. The average Bonchev–Trinajstić information content (AvgIpc) is 2.74. The Balaban J connectivity index is 1.83. The van der Waals surface area contributed by atoms with Crippen LogP contribution in [0.3, 0.4) is 0 Å². The Bertz CT molecular complexity index is 309. The molecular formula is C10H20N2O2S. The van der Waals surface area contributed by atoms with E-state index in [-0.39, 0.29) is 6.04 Å². The van der Waals surface area contributed by atoms with E-state index in [2.05, 4.69) is 17.3 Å². The fourth-order valence-corrected chi connectivity index (χ4v) is 4.35. The summed E-state index contributed by atoms with van der Waals surface area (Å²) in [7, 11) is -0.672. The molecule has 0 bridgehead atoms. The van der Waals surface area contributed by atoms with Crippen LogP contribution in [0, 0.1) is 5.92 Å². The van der Waals surface area contributed by atoms with Crippen molar-refractivity contribution < 1.29 is 8.42 Å². The van der Waals surface area contributed by atoms with Crippen LogP contribution in [0.25, 0.3) is 0 Å². The third-order valence-electron chi connectivity index (χ3n) is 3.54. The molecule has 2 atom stereocenters. The lowest BCUT2D eigenvalue weighted by molar-refractivity contribution is 0.227. The second kappa shape index (κ2) is 4.39. The largest absolute Gasteiger partial charge is 0.316 e. The molecule has 2 unspecified atom stereocenters. The van der Waals surface area contributed by atoms with Crippen LogP contribution in [0.4, 0.5) is 0 Å². The molecule has 2 aliphatic rings. The first-order chi connectivity index (χ1) is 7.07. The molecule has 15 heavy (non-hydrogen) atoms. The Morgan fingerprint density at radius 3 is 2.73 bits per heavy atom. The van der Waals surface area contributed by atoms with Crippen molar-refractivity contribution in [1.82, 2.24) is 10.2 Å². The van der Waals surface area contributed by atoms with Crippen LogP contribution in [0.5, 0.6) is 0 Å². The summed E-state index contributed by atoms with van der Waals surface area (Å²) in [6, 6.07) is 0.260. The number of hydrogen-bond donors (Lipinski definition) is 1. The summed E-state index contributed by atoms with van der Waals surface area (Å²) in [4.78, 5) is 2.24. The van der Waals surface area contributed by atoms with Crippen LogP contribution >= 0.6 is 0 Å². The summed E-state index contributed by atoms with van der Waals surface area (Å²) in [5.74, 6) is 1.45. The van der Waals surface area contributed by atoms with Gasteiger partial charge in [-0.25, -0.2) is 8.42 Å². The minimum absolute atomic E-state index is 0.260. The van der Waals surface area contributed by atoms with Gasteiger partial charge in [0.2, 0.25) is 0 Å². The van der Waals surface area contributed by atoms with Gasteiger partial charge < -0.3 is 10.2 Å². The molecule has 5 heteroatoms. The third kappa shape index (κ3) is 2.92. The van der Waals surface area contributed by atoms with Crippen LogP contribution in [0.1, 0.15) is 12.8 Å². The minimum Gasteiger partial charge on any atom is -0.316 e. The summed E-state index contributed by atoms with van der Waals surface area (Å²) >= 11 is 0. The molecule has 0 aliphatic carbocycles. The van der Waals surface area contributed by atoms with Gasteiger partial charge in [-0.3, -0.25) is 0 Å². The molecule has 0 aromatic carbocycles. The fourth-order valence-electron chi connectivity index (χ4n) is 2.55. The van der Waals surface area contributed by atoms with Gasteiger partial charge in [-0.2, -0.15) is 0 Å². The third-order valence-corrected chi connectivity index (χ3v) is 5.29. The highest BCUT2D eigenvalue weighted by Crippen LogP contribution is 2.18. The summed E-state index contributed by atoms with van der Waals surface area (Å²) in [6.45, 7) is 3.23. The first kappa shape index (κ1) is 11.4. The zero-order chi connectivity index (χ0) is 10.9. The molecule has 2 heterocycles. The molecule has 0 aromatic heterocycles. The van der Waals surface area contributed by atoms with E-state index in [1.165, 1.54) is 6.42 Å². The van der Waals surface area contributed by atoms with E-state index in [0.29, 0.717) is 17.4 Å². The summed E-state index contributed by atoms with van der Waals surface area (Å²) in [5, 5.41) is 3.34. The molecule has 2 fully saturated rings. The molecule has 4 nitrogen and oxygen atoms in total. The van der Waals surface area contributed by atoms with Crippen LogP contribution in [0.2, 0.25) is 0 Å². The Labute approximate surface area is 91.9 Å². The van der Waals surface area contributed by atoms with E-state index < -0.39 is 9.84 Å². The Morgan fingerprint density at radius 1 is 1.40 bits per heavy atom. The maximum absolute atomic E-state index is 11.3.